The van der Waals surface area contributed by atoms with Crippen molar-refractivity contribution in [3.8, 4) is 0 Å². The van der Waals surface area contributed by atoms with E-state index in [0.717, 1.165) is 24.5 Å². The number of nitro groups is 1. The normalized spacial score (nSPS) is 10.9. The van der Waals surface area contributed by atoms with Gasteiger partial charge in [-0.05, 0) is 29.8 Å². The number of benzene rings is 2. The molecule has 0 aromatic heterocycles. The summed E-state index contributed by atoms with van der Waals surface area (Å²) >= 11 is 0. The first-order chi connectivity index (χ1) is 13.0. The lowest BCUT2D eigenvalue weighted by molar-refractivity contribution is -0.387. The minimum atomic E-state index is -3.21. The molecule has 9 nitrogen and oxygen atoms in total. The van der Waals surface area contributed by atoms with Crippen LogP contribution in [0.3, 0.4) is 0 Å². The molecule has 1 N–H and O–H groups in total. The van der Waals surface area contributed by atoms with Gasteiger partial charge in [0, 0.05) is 18.0 Å². The van der Waals surface area contributed by atoms with Crippen molar-refractivity contribution < 1.29 is 32.1 Å². The molecule has 0 spiro atoms. The van der Waals surface area contributed by atoms with Gasteiger partial charge in [-0.3, -0.25) is 14.9 Å². The Morgan fingerprint density at radius 1 is 1.18 bits per heavy atom. The van der Waals surface area contributed by atoms with Gasteiger partial charge >= 0.3 is 11.7 Å². The fraction of sp³-hybridized carbons (Fsp3) is 0.176. The van der Waals surface area contributed by atoms with Gasteiger partial charge in [0.25, 0.3) is 5.91 Å². The van der Waals surface area contributed by atoms with Gasteiger partial charge in [-0.2, -0.15) is 4.39 Å². The first kappa shape index (κ1) is 21.0. The summed E-state index contributed by atoms with van der Waals surface area (Å²) in [5.74, 6) is -2.81. The second-order valence-electron chi connectivity index (χ2n) is 5.81. The minimum absolute atomic E-state index is 0.0284. The topological polar surface area (TPSA) is 133 Å². The molecular formula is C17H15FN2O7S. The highest BCUT2D eigenvalue weighted by molar-refractivity contribution is 7.89. The molecule has 2 aromatic carbocycles. The standard InChI is InChI=1S/C17H15FN2O7S/c1-28(25,26)10-11-2-4-12(5-3-11)17(22)27-9-16(21)19-13-6-7-14(18)15(8-13)20(23)24/h2-8H,9-10H2,1H3,(H,19,21). The number of amides is 1. The van der Waals surface area contributed by atoms with Crippen LogP contribution in [0.1, 0.15) is 15.9 Å². The number of carbonyl (C=O) groups excluding carboxylic acids is 2. The lowest BCUT2D eigenvalue weighted by atomic mass is 10.1. The second-order valence-corrected chi connectivity index (χ2v) is 7.95. The number of nitrogens with one attached hydrogen (secondary N) is 1. The average Bonchev–Trinajstić information content (AvgIpc) is 2.60. The summed E-state index contributed by atoms with van der Waals surface area (Å²) in [4.78, 5) is 33.5. The molecule has 0 saturated heterocycles. The third-order valence-electron chi connectivity index (χ3n) is 3.38. The van der Waals surface area contributed by atoms with Crippen LogP contribution in [0.5, 0.6) is 0 Å². The Balaban J connectivity index is 1.93. The fourth-order valence-electron chi connectivity index (χ4n) is 2.18. The molecule has 0 saturated carbocycles. The maximum absolute atomic E-state index is 13.3. The summed E-state index contributed by atoms with van der Waals surface area (Å²) in [6.07, 6.45) is 1.09. The molecule has 0 aliphatic rings. The highest BCUT2D eigenvalue weighted by Crippen LogP contribution is 2.21. The number of nitro benzene ring substituents is 1. The SMILES string of the molecule is CS(=O)(=O)Cc1ccc(C(=O)OCC(=O)Nc2ccc(F)c([N+](=O)[O-])c2)cc1. The van der Waals surface area contributed by atoms with Crippen LogP contribution < -0.4 is 5.32 Å². The Kier molecular flexibility index (Phi) is 6.41. The van der Waals surface area contributed by atoms with Crippen molar-refractivity contribution in [2.45, 2.75) is 5.75 Å². The van der Waals surface area contributed by atoms with E-state index in [0.29, 0.717) is 5.56 Å². The third-order valence-corrected chi connectivity index (χ3v) is 4.24. The molecule has 0 unspecified atom stereocenters. The van der Waals surface area contributed by atoms with Crippen LogP contribution in [0.25, 0.3) is 0 Å². The molecule has 1 amide bonds. The smallest absolute Gasteiger partial charge is 0.338 e. The van der Waals surface area contributed by atoms with E-state index in [1.807, 2.05) is 0 Å². The van der Waals surface area contributed by atoms with Gasteiger partial charge in [-0.15, -0.1) is 0 Å². The molecule has 0 heterocycles. The van der Waals surface area contributed by atoms with Crippen LogP contribution in [-0.2, 0) is 25.1 Å². The number of nitrogens with zero attached hydrogens (tertiary/aromatic N) is 1. The summed E-state index contributed by atoms with van der Waals surface area (Å²) < 4.78 is 40.5. The lowest BCUT2D eigenvalue weighted by Crippen LogP contribution is -2.21. The van der Waals surface area contributed by atoms with E-state index >= 15 is 0 Å². The number of anilines is 1. The Morgan fingerprint density at radius 2 is 1.82 bits per heavy atom. The summed E-state index contributed by atoms with van der Waals surface area (Å²) in [7, 11) is -3.21. The summed E-state index contributed by atoms with van der Waals surface area (Å²) in [6.45, 7) is -0.672. The van der Waals surface area contributed by atoms with Crippen molar-refractivity contribution in [3.05, 3.63) is 69.5 Å². The lowest BCUT2D eigenvalue weighted by Gasteiger charge is -2.07. The highest BCUT2D eigenvalue weighted by atomic mass is 32.2. The van der Waals surface area contributed by atoms with E-state index in [4.69, 9.17) is 4.74 Å². The quantitative estimate of drug-likeness (QED) is 0.420. The first-order valence-corrected chi connectivity index (χ1v) is 9.79. The van der Waals surface area contributed by atoms with Gasteiger partial charge in [-0.25, -0.2) is 13.2 Å². The molecule has 2 aromatic rings. The zero-order chi connectivity index (χ0) is 20.9. The summed E-state index contributed by atoms with van der Waals surface area (Å²) in [5, 5.41) is 12.9. The maximum Gasteiger partial charge on any atom is 0.338 e. The first-order valence-electron chi connectivity index (χ1n) is 7.73. The van der Waals surface area contributed by atoms with Gasteiger partial charge < -0.3 is 10.1 Å². The zero-order valence-corrected chi connectivity index (χ0v) is 15.4. The Hall–Kier alpha value is -3.34. The molecule has 0 atom stereocenters. The van der Waals surface area contributed by atoms with E-state index in [1.54, 1.807) is 0 Å². The van der Waals surface area contributed by atoms with Crippen molar-refractivity contribution in [1.29, 1.82) is 0 Å². The van der Waals surface area contributed by atoms with Crippen LogP contribution in [0, 0.1) is 15.9 Å². The number of ether oxygens (including phenoxy) is 1. The second kappa shape index (κ2) is 8.57. The largest absolute Gasteiger partial charge is 0.452 e. The number of sulfone groups is 1. The molecule has 0 radical (unpaired) electrons. The van der Waals surface area contributed by atoms with Gasteiger partial charge in [0.15, 0.2) is 16.4 Å². The van der Waals surface area contributed by atoms with Gasteiger partial charge in [0.2, 0.25) is 5.82 Å². The number of hydrogen-bond acceptors (Lipinski definition) is 7. The van der Waals surface area contributed by atoms with Crippen molar-refractivity contribution in [2.24, 2.45) is 0 Å². The van der Waals surface area contributed by atoms with E-state index in [-0.39, 0.29) is 17.0 Å². The molecule has 0 aliphatic carbocycles. The highest BCUT2D eigenvalue weighted by Gasteiger charge is 2.16. The maximum atomic E-state index is 13.3. The number of rotatable bonds is 7. The van der Waals surface area contributed by atoms with Gasteiger partial charge in [-0.1, -0.05) is 12.1 Å². The number of halogens is 1. The Labute approximate surface area is 159 Å². The van der Waals surface area contributed by atoms with Crippen LogP contribution in [0.4, 0.5) is 15.8 Å². The molecule has 28 heavy (non-hydrogen) atoms. The predicted octanol–water partition coefficient (Wildman–Crippen LogP) is 2.07. The molecule has 0 bridgehead atoms. The average molecular weight is 410 g/mol. The summed E-state index contributed by atoms with van der Waals surface area (Å²) in [5.41, 5.74) is -0.222. The molecule has 2 rings (SSSR count). The Morgan fingerprint density at radius 3 is 2.39 bits per heavy atom. The minimum Gasteiger partial charge on any atom is -0.452 e. The van der Waals surface area contributed by atoms with E-state index in [2.05, 4.69) is 5.32 Å². The monoisotopic (exact) mass is 410 g/mol. The van der Waals surface area contributed by atoms with Crippen molar-refractivity contribution >= 4 is 33.1 Å². The molecule has 0 fully saturated rings. The number of esters is 1. The summed E-state index contributed by atoms with van der Waals surface area (Å²) in [6, 6.07) is 8.44. The van der Waals surface area contributed by atoms with Gasteiger partial charge in [0.1, 0.15) is 0 Å². The Bertz CT molecular complexity index is 1020. The van der Waals surface area contributed by atoms with E-state index < -0.39 is 44.7 Å². The molecule has 0 aliphatic heterocycles. The van der Waals surface area contributed by atoms with Crippen LogP contribution in [0.2, 0.25) is 0 Å². The number of hydrogen-bond donors (Lipinski definition) is 1. The molecule has 11 heteroatoms. The fourth-order valence-corrected chi connectivity index (χ4v) is 2.98. The van der Waals surface area contributed by atoms with Crippen LogP contribution in [-0.4, -0.2) is 38.1 Å². The van der Waals surface area contributed by atoms with Crippen molar-refractivity contribution in [1.82, 2.24) is 0 Å². The van der Waals surface area contributed by atoms with Crippen molar-refractivity contribution in [3.63, 3.8) is 0 Å². The molecular weight excluding hydrogens is 395 g/mol. The molecule has 148 valence electrons. The van der Waals surface area contributed by atoms with E-state index in [9.17, 15) is 32.5 Å². The predicted molar refractivity (Wildman–Crippen MR) is 97.0 cm³/mol. The number of carbonyl (C=O) groups is 2. The van der Waals surface area contributed by atoms with Crippen LogP contribution in [0.15, 0.2) is 42.5 Å². The third kappa shape index (κ3) is 6.13. The zero-order valence-electron chi connectivity index (χ0n) is 14.5. The van der Waals surface area contributed by atoms with Gasteiger partial charge in [0.05, 0.1) is 16.2 Å². The van der Waals surface area contributed by atoms with Crippen molar-refractivity contribution in [2.75, 3.05) is 18.2 Å². The van der Waals surface area contributed by atoms with E-state index in [1.165, 1.54) is 24.3 Å². The van der Waals surface area contributed by atoms with Crippen LogP contribution >= 0.6 is 0 Å².